The molecule has 0 aromatic carbocycles. The molecular weight excluding hydrogens is 312 g/mol. The van der Waals surface area contributed by atoms with Gasteiger partial charge in [0, 0.05) is 38.8 Å². The van der Waals surface area contributed by atoms with Crippen molar-refractivity contribution in [1.29, 1.82) is 0 Å². The fourth-order valence-electron chi connectivity index (χ4n) is 2.79. The van der Waals surface area contributed by atoms with Gasteiger partial charge in [-0.15, -0.1) is 0 Å². The van der Waals surface area contributed by atoms with E-state index in [1.54, 1.807) is 0 Å². The van der Waals surface area contributed by atoms with Gasteiger partial charge >= 0.3 is 0 Å². The number of rotatable bonds is 5. The predicted molar refractivity (Wildman–Crippen MR) is 80.3 cm³/mol. The second-order valence-corrected chi connectivity index (χ2v) is 6.23. The van der Waals surface area contributed by atoms with Crippen LogP contribution in [0.1, 0.15) is 13.8 Å². The van der Waals surface area contributed by atoms with E-state index in [9.17, 15) is 17.6 Å². The van der Waals surface area contributed by atoms with Gasteiger partial charge in [0.2, 0.25) is 11.6 Å². The van der Waals surface area contributed by atoms with Crippen LogP contribution in [0.15, 0.2) is 0 Å². The minimum atomic E-state index is -1.65. The molecular formula is C15H22F4N4. The third-order valence-corrected chi connectivity index (χ3v) is 4.26. The van der Waals surface area contributed by atoms with Crippen LogP contribution in [-0.4, -0.2) is 60.6 Å². The van der Waals surface area contributed by atoms with E-state index < -0.39 is 29.2 Å². The molecule has 1 aliphatic rings. The molecule has 0 bridgehead atoms. The Morgan fingerprint density at radius 3 is 2.00 bits per heavy atom. The fraction of sp³-hybridized carbons (Fsp3) is 0.667. The summed E-state index contributed by atoms with van der Waals surface area (Å²) >= 11 is 0. The second-order valence-electron chi connectivity index (χ2n) is 6.23. The quantitative estimate of drug-likeness (QED) is 0.661. The molecule has 0 spiro atoms. The third kappa shape index (κ3) is 4.11. The summed E-state index contributed by atoms with van der Waals surface area (Å²) in [6, 6.07) is 0.00166. The summed E-state index contributed by atoms with van der Waals surface area (Å²) in [5.74, 6) is -6.07. The molecule has 4 nitrogen and oxygen atoms in total. The summed E-state index contributed by atoms with van der Waals surface area (Å²) in [7, 11) is 2.03. The molecule has 0 amide bonds. The van der Waals surface area contributed by atoms with E-state index in [1.807, 2.05) is 20.9 Å². The van der Waals surface area contributed by atoms with Gasteiger partial charge < -0.3 is 10.2 Å². The van der Waals surface area contributed by atoms with Crippen molar-refractivity contribution in [3.63, 3.8) is 0 Å². The van der Waals surface area contributed by atoms with E-state index >= 15 is 0 Å². The van der Waals surface area contributed by atoms with Crippen molar-refractivity contribution >= 4 is 5.69 Å². The van der Waals surface area contributed by atoms with Crippen molar-refractivity contribution in [1.82, 2.24) is 14.8 Å². The van der Waals surface area contributed by atoms with Gasteiger partial charge in [0.15, 0.2) is 0 Å². The molecule has 130 valence electrons. The number of nitrogens with zero attached hydrogens (tertiary/aromatic N) is 3. The van der Waals surface area contributed by atoms with E-state index in [1.165, 1.54) is 0 Å². The summed E-state index contributed by atoms with van der Waals surface area (Å²) in [4.78, 5) is 6.98. The molecule has 0 radical (unpaired) electrons. The summed E-state index contributed by atoms with van der Waals surface area (Å²) in [5.41, 5.74) is -0.797. The molecule has 1 fully saturated rings. The van der Waals surface area contributed by atoms with Crippen LogP contribution in [-0.2, 0) is 0 Å². The monoisotopic (exact) mass is 334 g/mol. The van der Waals surface area contributed by atoms with Crippen LogP contribution < -0.4 is 5.32 Å². The summed E-state index contributed by atoms with van der Waals surface area (Å²) in [5, 5.41) is 2.53. The maximum absolute atomic E-state index is 13.7. The van der Waals surface area contributed by atoms with Crippen LogP contribution in [0.2, 0.25) is 0 Å². The zero-order chi connectivity index (χ0) is 17.1. The number of halogens is 4. The van der Waals surface area contributed by atoms with Crippen LogP contribution >= 0.6 is 0 Å². The van der Waals surface area contributed by atoms with Crippen molar-refractivity contribution in [2.75, 3.05) is 45.1 Å². The zero-order valence-corrected chi connectivity index (χ0v) is 13.5. The lowest BCUT2D eigenvalue weighted by molar-refractivity contribution is 0.0943. The molecule has 1 aromatic rings. The Labute approximate surface area is 133 Å². The topological polar surface area (TPSA) is 31.4 Å². The highest BCUT2D eigenvalue weighted by Gasteiger charge is 2.27. The average molecular weight is 334 g/mol. The number of pyridine rings is 1. The van der Waals surface area contributed by atoms with Gasteiger partial charge in [0.25, 0.3) is 11.9 Å². The van der Waals surface area contributed by atoms with E-state index in [-0.39, 0.29) is 18.5 Å². The van der Waals surface area contributed by atoms with Gasteiger partial charge in [0.05, 0.1) is 0 Å². The molecule has 1 aliphatic heterocycles. The Bertz CT molecular complexity index is 519. The van der Waals surface area contributed by atoms with Gasteiger partial charge in [-0.3, -0.25) is 4.90 Å². The molecule has 0 aliphatic carbocycles. The Balaban J connectivity index is 2.11. The largest absolute Gasteiger partial charge is 0.378 e. The first-order chi connectivity index (χ1) is 10.8. The summed E-state index contributed by atoms with van der Waals surface area (Å²) < 4.78 is 53.6. The SMILES string of the molecule is CC(C)C(CNc1c(F)c(F)nc(F)c1F)N1CCN(C)CC1. The van der Waals surface area contributed by atoms with Gasteiger partial charge in [-0.05, 0) is 13.0 Å². The number of likely N-dealkylation sites (N-methyl/N-ethyl adjacent to an activating group) is 1. The first-order valence-electron chi connectivity index (χ1n) is 7.67. The van der Waals surface area contributed by atoms with E-state index in [2.05, 4.69) is 20.1 Å². The van der Waals surface area contributed by atoms with E-state index in [0.717, 1.165) is 26.2 Å². The highest BCUT2D eigenvalue weighted by Crippen LogP contribution is 2.23. The van der Waals surface area contributed by atoms with E-state index in [0.29, 0.717) is 0 Å². The Hall–Kier alpha value is -1.41. The summed E-state index contributed by atoms with van der Waals surface area (Å²) in [6.07, 6.45) is 0. The van der Waals surface area contributed by atoms with Crippen molar-refractivity contribution in [2.45, 2.75) is 19.9 Å². The molecule has 8 heteroatoms. The molecule has 1 atom stereocenters. The molecule has 2 rings (SSSR count). The second kappa shape index (κ2) is 7.44. The maximum atomic E-state index is 13.7. The molecule has 1 aromatic heterocycles. The summed E-state index contributed by atoms with van der Waals surface area (Å²) in [6.45, 7) is 7.69. The van der Waals surface area contributed by atoms with Crippen LogP contribution in [0.25, 0.3) is 0 Å². The first kappa shape index (κ1) is 17.9. The standard InChI is InChI=1S/C15H22F4N4/c1-9(2)10(23-6-4-22(3)5-7-23)8-20-13-11(16)14(18)21-15(19)12(13)17/h9-10H,4-8H2,1-3H3,(H,20,21). The lowest BCUT2D eigenvalue weighted by Gasteiger charge is -2.40. The number of piperazine rings is 1. The average Bonchev–Trinajstić information content (AvgIpc) is 2.50. The molecule has 1 saturated heterocycles. The normalized spacial score (nSPS) is 18.4. The Morgan fingerprint density at radius 2 is 1.52 bits per heavy atom. The van der Waals surface area contributed by atoms with Crippen molar-refractivity contribution in [2.24, 2.45) is 5.92 Å². The maximum Gasteiger partial charge on any atom is 0.253 e. The number of hydrogen-bond acceptors (Lipinski definition) is 4. The lowest BCUT2D eigenvalue weighted by atomic mass is 10.0. The highest BCUT2D eigenvalue weighted by molar-refractivity contribution is 5.45. The fourth-order valence-corrected chi connectivity index (χ4v) is 2.79. The van der Waals surface area contributed by atoms with Gasteiger partial charge in [0.1, 0.15) is 5.69 Å². The van der Waals surface area contributed by atoms with Crippen LogP contribution in [0.4, 0.5) is 23.2 Å². The lowest BCUT2D eigenvalue weighted by Crippen LogP contribution is -2.52. The molecule has 0 saturated carbocycles. The van der Waals surface area contributed by atoms with E-state index in [4.69, 9.17) is 0 Å². The Morgan fingerprint density at radius 1 is 1.00 bits per heavy atom. The molecule has 1 unspecified atom stereocenters. The molecule has 1 N–H and O–H groups in total. The minimum absolute atomic E-state index is 0.00166. The predicted octanol–water partition coefficient (Wildman–Crippen LogP) is 2.32. The molecule has 2 heterocycles. The van der Waals surface area contributed by atoms with Crippen LogP contribution in [0.3, 0.4) is 0 Å². The Kier molecular flexibility index (Phi) is 5.80. The van der Waals surface area contributed by atoms with Crippen molar-refractivity contribution in [3.8, 4) is 0 Å². The number of nitrogens with one attached hydrogen (secondary N) is 1. The molecule has 23 heavy (non-hydrogen) atoms. The van der Waals surface area contributed by atoms with Crippen molar-refractivity contribution in [3.05, 3.63) is 23.5 Å². The smallest absolute Gasteiger partial charge is 0.253 e. The third-order valence-electron chi connectivity index (χ3n) is 4.26. The number of anilines is 1. The van der Waals surface area contributed by atoms with Gasteiger partial charge in [-0.2, -0.15) is 22.5 Å². The van der Waals surface area contributed by atoms with Gasteiger partial charge in [-0.1, -0.05) is 13.8 Å². The highest BCUT2D eigenvalue weighted by atomic mass is 19.2. The van der Waals surface area contributed by atoms with Crippen molar-refractivity contribution < 1.29 is 17.6 Å². The zero-order valence-electron chi connectivity index (χ0n) is 13.5. The van der Waals surface area contributed by atoms with Crippen LogP contribution in [0.5, 0.6) is 0 Å². The number of aromatic nitrogens is 1. The first-order valence-corrected chi connectivity index (χ1v) is 7.67. The van der Waals surface area contributed by atoms with Crippen LogP contribution in [0, 0.1) is 29.4 Å². The number of hydrogen-bond donors (Lipinski definition) is 1. The van der Waals surface area contributed by atoms with Gasteiger partial charge in [-0.25, -0.2) is 0 Å². The minimum Gasteiger partial charge on any atom is -0.378 e.